The van der Waals surface area contributed by atoms with Crippen molar-refractivity contribution < 1.29 is 4.79 Å². The number of amides is 1. The Morgan fingerprint density at radius 3 is 2.95 bits per heavy atom. The van der Waals surface area contributed by atoms with Gasteiger partial charge >= 0.3 is 0 Å². The first-order valence-corrected chi connectivity index (χ1v) is 7.34. The molecule has 2 aromatic rings. The van der Waals surface area contributed by atoms with Gasteiger partial charge in [-0.3, -0.25) is 4.79 Å². The Balaban J connectivity index is 1.72. The van der Waals surface area contributed by atoms with Gasteiger partial charge in [0.2, 0.25) is 5.91 Å². The highest BCUT2D eigenvalue weighted by Gasteiger charge is 2.18. The van der Waals surface area contributed by atoms with Gasteiger partial charge in [-0.15, -0.1) is 0 Å². The molecule has 0 spiro atoms. The summed E-state index contributed by atoms with van der Waals surface area (Å²) in [4.78, 5) is 22.3. The van der Waals surface area contributed by atoms with E-state index < -0.39 is 0 Å². The second kappa shape index (κ2) is 6.39. The van der Waals surface area contributed by atoms with Crippen molar-refractivity contribution in [3.63, 3.8) is 0 Å². The zero-order valence-corrected chi connectivity index (χ0v) is 12.2. The number of carbonyl (C=O) groups is 1. The smallest absolute Gasteiger partial charge is 0.241 e. The first kappa shape index (κ1) is 14.3. The van der Waals surface area contributed by atoms with E-state index in [1.54, 1.807) is 10.9 Å². The molecule has 3 heterocycles. The lowest BCUT2D eigenvalue weighted by atomic mass is 10.3. The van der Waals surface area contributed by atoms with Crippen LogP contribution in [0.3, 0.4) is 0 Å². The van der Waals surface area contributed by atoms with Gasteiger partial charge in [0, 0.05) is 13.1 Å². The van der Waals surface area contributed by atoms with E-state index in [0.717, 1.165) is 31.3 Å². The van der Waals surface area contributed by atoms with Gasteiger partial charge in [0.15, 0.2) is 5.65 Å². The quantitative estimate of drug-likeness (QED) is 0.875. The second-order valence-corrected chi connectivity index (χ2v) is 5.18. The van der Waals surface area contributed by atoms with Crippen molar-refractivity contribution in [2.45, 2.75) is 25.8 Å². The number of likely N-dealkylation sites (tertiary alicyclic amines) is 1. The number of aromatic nitrogens is 4. The summed E-state index contributed by atoms with van der Waals surface area (Å²) in [5.74, 6) is 0.682. The minimum Gasteiger partial charge on any atom is -0.360 e. The third-order valence-electron chi connectivity index (χ3n) is 3.73. The molecule has 1 N–H and O–H groups in total. The standard InChI is InChI=1S/C14H17N7O/c15-4-3-7-21-14-11(8-19-21)13(17-10-18-14)16-9-12(22)20-5-1-2-6-20/h8,10H,1-3,5-7,9H2,(H,16,17,18). The highest BCUT2D eigenvalue weighted by Crippen LogP contribution is 2.18. The molecule has 2 aromatic heterocycles. The van der Waals surface area contributed by atoms with Crippen LogP contribution in [0.5, 0.6) is 0 Å². The lowest BCUT2D eigenvalue weighted by molar-refractivity contribution is -0.128. The molecule has 0 atom stereocenters. The van der Waals surface area contributed by atoms with Crippen molar-refractivity contribution in [3.8, 4) is 6.07 Å². The number of hydrogen-bond donors (Lipinski definition) is 1. The number of nitrogens with zero attached hydrogens (tertiary/aromatic N) is 6. The molecule has 0 unspecified atom stereocenters. The van der Waals surface area contributed by atoms with Gasteiger partial charge in [-0.2, -0.15) is 10.4 Å². The average Bonchev–Trinajstić information content (AvgIpc) is 3.20. The Labute approximate surface area is 127 Å². The van der Waals surface area contributed by atoms with E-state index in [1.165, 1.54) is 6.33 Å². The van der Waals surface area contributed by atoms with Gasteiger partial charge < -0.3 is 10.2 Å². The molecule has 3 rings (SSSR count). The van der Waals surface area contributed by atoms with Gasteiger partial charge in [0.25, 0.3) is 0 Å². The normalized spacial score (nSPS) is 14.2. The van der Waals surface area contributed by atoms with E-state index in [4.69, 9.17) is 5.26 Å². The predicted molar refractivity (Wildman–Crippen MR) is 79.9 cm³/mol. The number of anilines is 1. The molecule has 1 aliphatic rings. The Hall–Kier alpha value is -2.69. The molecule has 0 aromatic carbocycles. The summed E-state index contributed by atoms with van der Waals surface area (Å²) in [6, 6.07) is 2.09. The van der Waals surface area contributed by atoms with Gasteiger partial charge in [-0.25, -0.2) is 14.6 Å². The van der Waals surface area contributed by atoms with E-state index in [0.29, 0.717) is 24.4 Å². The zero-order valence-electron chi connectivity index (χ0n) is 12.2. The van der Waals surface area contributed by atoms with Crippen molar-refractivity contribution >= 4 is 22.8 Å². The number of hydrogen-bond acceptors (Lipinski definition) is 6. The lowest BCUT2D eigenvalue weighted by Crippen LogP contribution is -2.33. The average molecular weight is 299 g/mol. The number of carbonyl (C=O) groups excluding carboxylic acids is 1. The third kappa shape index (κ3) is 2.83. The van der Waals surface area contributed by atoms with E-state index in [2.05, 4.69) is 26.5 Å². The molecule has 8 nitrogen and oxygen atoms in total. The largest absolute Gasteiger partial charge is 0.360 e. The van der Waals surface area contributed by atoms with Crippen molar-refractivity contribution in [1.82, 2.24) is 24.6 Å². The van der Waals surface area contributed by atoms with Crippen molar-refractivity contribution in [2.24, 2.45) is 0 Å². The molecular formula is C14H17N7O. The summed E-state index contributed by atoms with van der Waals surface area (Å²) in [5.41, 5.74) is 0.668. The molecule has 0 bridgehead atoms. The van der Waals surface area contributed by atoms with Gasteiger partial charge in [0.1, 0.15) is 12.1 Å². The number of nitriles is 1. The maximum Gasteiger partial charge on any atom is 0.241 e. The van der Waals surface area contributed by atoms with Crippen LogP contribution in [0.1, 0.15) is 19.3 Å². The maximum absolute atomic E-state index is 12.1. The zero-order chi connectivity index (χ0) is 15.4. The van der Waals surface area contributed by atoms with Gasteiger partial charge in [0.05, 0.1) is 37.2 Å². The maximum atomic E-state index is 12.1. The van der Waals surface area contributed by atoms with Crippen molar-refractivity contribution in [2.75, 3.05) is 25.0 Å². The van der Waals surface area contributed by atoms with Crippen LogP contribution in [0.25, 0.3) is 11.0 Å². The Morgan fingerprint density at radius 1 is 1.36 bits per heavy atom. The van der Waals surface area contributed by atoms with Crippen LogP contribution in [0.2, 0.25) is 0 Å². The molecule has 1 fully saturated rings. The topological polar surface area (TPSA) is 99.7 Å². The molecule has 8 heteroatoms. The van der Waals surface area contributed by atoms with E-state index in [1.807, 2.05) is 4.90 Å². The molecular weight excluding hydrogens is 282 g/mol. The van der Waals surface area contributed by atoms with Crippen LogP contribution in [-0.4, -0.2) is 50.2 Å². The molecule has 22 heavy (non-hydrogen) atoms. The predicted octanol–water partition coefficient (Wildman–Crippen LogP) is 0.774. The molecule has 1 aliphatic heterocycles. The fourth-order valence-electron chi connectivity index (χ4n) is 2.59. The van der Waals surface area contributed by atoms with Crippen molar-refractivity contribution in [1.29, 1.82) is 5.26 Å². The van der Waals surface area contributed by atoms with E-state index in [9.17, 15) is 4.79 Å². The highest BCUT2D eigenvalue weighted by atomic mass is 16.2. The fraction of sp³-hybridized carbons (Fsp3) is 0.500. The Kier molecular flexibility index (Phi) is 4.14. The lowest BCUT2D eigenvalue weighted by Gasteiger charge is -2.15. The summed E-state index contributed by atoms with van der Waals surface area (Å²) < 4.78 is 1.67. The SMILES string of the molecule is N#CCCn1ncc2c(NCC(=O)N3CCCC3)ncnc21. The summed E-state index contributed by atoms with van der Waals surface area (Å²) in [6.07, 6.45) is 5.63. The van der Waals surface area contributed by atoms with Crippen LogP contribution in [0.4, 0.5) is 5.82 Å². The number of aryl methyl sites for hydroxylation is 1. The first-order valence-electron chi connectivity index (χ1n) is 7.34. The van der Waals surface area contributed by atoms with Crippen LogP contribution >= 0.6 is 0 Å². The number of nitrogens with one attached hydrogen (secondary N) is 1. The molecule has 1 amide bonds. The van der Waals surface area contributed by atoms with Gasteiger partial charge in [-0.05, 0) is 12.8 Å². The summed E-state index contributed by atoms with van der Waals surface area (Å²) in [6.45, 7) is 2.39. The number of rotatable bonds is 5. The third-order valence-corrected chi connectivity index (χ3v) is 3.73. The molecule has 1 saturated heterocycles. The molecule has 0 radical (unpaired) electrons. The van der Waals surface area contributed by atoms with Crippen LogP contribution in [0, 0.1) is 11.3 Å². The number of fused-ring (bicyclic) bond motifs is 1. The Morgan fingerprint density at radius 2 is 2.18 bits per heavy atom. The highest BCUT2D eigenvalue weighted by molar-refractivity contribution is 5.88. The summed E-state index contributed by atoms with van der Waals surface area (Å²) >= 11 is 0. The van der Waals surface area contributed by atoms with Crippen LogP contribution in [-0.2, 0) is 11.3 Å². The first-order chi connectivity index (χ1) is 10.8. The van der Waals surface area contributed by atoms with Crippen LogP contribution in [0.15, 0.2) is 12.5 Å². The van der Waals surface area contributed by atoms with Gasteiger partial charge in [-0.1, -0.05) is 0 Å². The molecule has 0 saturated carbocycles. The second-order valence-electron chi connectivity index (χ2n) is 5.18. The van der Waals surface area contributed by atoms with E-state index in [-0.39, 0.29) is 12.5 Å². The minimum absolute atomic E-state index is 0.0844. The Bertz CT molecular complexity index is 712. The van der Waals surface area contributed by atoms with E-state index >= 15 is 0 Å². The fourth-order valence-corrected chi connectivity index (χ4v) is 2.59. The van der Waals surface area contributed by atoms with Crippen LogP contribution < -0.4 is 5.32 Å². The minimum atomic E-state index is 0.0844. The molecule has 0 aliphatic carbocycles. The molecule has 114 valence electrons. The monoisotopic (exact) mass is 299 g/mol. The summed E-state index contributed by atoms with van der Waals surface area (Å²) in [7, 11) is 0. The summed E-state index contributed by atoms with van der Waals surface area (Å²) in [5, 5.41) is 16.7. The van der Waals surface area contributed by atoms with Crippen molar-refractivity contribution in [3.05, 3.63) is 12.5 Å².